The highest BCUT2D eigenvalue weighted by atomic mass is 35.5. The van der Waals surface area contributed by atoms with Crippen LogP contribution in [-0.4, -0.2) is 33.8 Å². The van der Waals surface area contributed by atoms with Crippen molar-refractivity contribution in [3.05, 3.63) is 51.7 Å². The number of nitrogens with one attached hydrogen (secondary N) is 1. The molecule has 1 N–H and O–H groups in total. The van der Waals surface area contributed by atoms with Crippen LogP contribution in [-0.2, 0) is 6.54 Å². The molecular formula is C18H21Cl2N3O3. The number of rotatable bonds is 6. The molecule has 0 atom stereocenters. The molecule has 0 bridgehead atoms. The summed E-state index contributed by atoms with van der Waals surface area (Å²) in [6.07, 6.45) is 1.29. The number of carbonyl (C=O) groups excluding carboxylic acids is 2. The predicted octanol–water partition coefficient (Wildman–Crippen LogP) is 4.17. The van der Waals surface area contributed by atoms with Crippen molar-refractivity contribution in [2.24, 2.45) is 0 Å². The number of benzene rings is 1. The van der Waals surface area contributed by atoms with E-state index in [4.69, 9.17) is 27.6 Å². The summed E-state index contributed by atoms with van der Waals surface area (Å²) in [5, 5.41) is 3.43. The van der Waals surface area contributed by atoms with Crippen molar-refractivity contribution >= 4 is 35.0 Å². The Kier molecular flexibility index (Phi) is 6.67. The standard InChI is InChI=1S/C18H21Cl2N3O3/c1-10(2)21-17(24)15-9-26-16(22-15)8-23(11(3)4)18(25)12-5-6-13(19)14(20)7-12/h5-7,9-11H,8H2,1-4H3,(H,21,24). The highest BCUT2D eigenvalue weighted by Gasteiger charge is 2.23. The molecule has 140 valence electrons. The van der Waals surface area contributed by atoms with Crippen molar-refractivity contribution < 1.29 is 14.0 Å². The predicted molar refractivity (Wildman–Crippen MR) is 101 cm³/mol. The second-order valence-corrected chi connectivity index (χ2v) is 7.22. The summed E-state index contributed by atoms with van der Waals surface area (Å²) in [5.74, 6) is -0.270. The Morgan fingerprint density at radius 1 is 1.19 bits per heavy atom. The molecule has 0 saturated carbocycles. The molecule has 2 aromatic rings. The van der Waals surface area contributed by atoms with Crippen molar-refractivity contribution in [1.82, 2.24) is 15.2 Å². The molecule has 0 saturated heterocycles. The van der Waals surface area contributed by atoms with E-state index in [0.29, 0.717) is 15.6 Å². The van der Waals surface area contributed by atoms with Gasteiger partial charge in [0.05, 0.1) is 16.6 Å². The number of halogens is 2. The lowest BCUT2D eigenvalue weighted by Crippen LogP contribution is -2.36. The Morgan fingerprint density at radius 2 is 1.88 bits per heavy atom. The van der Waals surface area contributed by atoms with Gasteiger partial charge >= 0.3 is 0 Å². The maximum absolute atomic E-state index is 12.8. The minimum Gasteiger partial charge on any atom is -0.446 e. The first-order chi connectivity index (χ1) is 12.2. The van der Waals surface area contributed by atoms with Crippen LogP contribution < -0.4 is 5.32 Å². The van der Waals surface area contributed by atoms with Gasteiger partial charge in [0.1, 0.15) is 6.26 Å². The molecular weight excluding hydrogens is 377 g/mol. The van der Waals surface area contributed by atoms with Crippen LogP contribution >= 0.6 is 23.2 Å². The number of hydrogen-bond donors (Lipinski definition) is 1. The number of nitrogens with zero attached hydrogens (tertiary/aromatic N) is 2. The van der Waals surface area contributed by atoms with Crippen LogP contribution in [0.1, 0.15) is 54.4 Å². The van der Waals surface area contributed by atoms with Crippen molar-refractivity contribution in [2.75, 3.05) is 0 Å². The molecule has 1 aromatic carbocycles. The van der Waals surface area contributed by atoms with Crippen molar-refractivity contribution in [2.45, 2.75) is 46.3 Å². The van der Waals surface area contributed by atoms with Crippen LogP contribution in [0.25, 0.3) is 0 Å². The van der Waals surface area contributed by atoms with Gasteiger partial charge in [-0.1, -0.05) is 23.2 Å². The fourth-order valence-corrected chi connectivity index (χ4v) is 2.55. The quantitative estimate of drug-likeness (QED) is 0.793. The SMILES string of the molecule is CC(C)NC(=O)c1coc(CN(C(=O)c2ccc(Cl)c(Cl)c2)C(C)C)n1. The zero-order chi connectivity index (χ0) is 19.4. The number of hydrogen-bond acceptors (Lipinski definition) is 4. The molecule has 26 heavy (non-hydrogen) atoms. The fourth-order valence-electron chi connectivity index (χ4n) is 2.25. The zero-order valence-corrected chi connectivity index (χ0v) is 16.6. The van der Waals surface area contributed by atoms with E-state index in [9.17, 15) is 9.59 Å². The molecule has 0 aliphatic carbocycles. The summed E-state index contributed by atoms with van der Waals surface area (Å²) in [7, 11) is 0. The summed E-state index contributed by atoms with van der Waals surface area (Å²) in [5.41, 5.74) is 0.594. The molecule has 0 fully saturated rings. The van der Waals surface area contributed by atoms with Crippen molar-refractivity contribution in [3.63, 3.8) is 0 Å². The van der Waals surface area contributed by atoms with Crippen LogP contribution in [0, 0.1) is 0 Å². The van der Waals surface area contributed by atoms with Crippen LogP contribution in [0.5, 0.6) is 0 Å². The normalized spacial score (nSPS) is 11.1. The summed E-state index contributed by atoms with van der Waals surface area (Å²) in [6.45, 7) is 7.60. The Morgan fingerprint density at radius 3 is 2.46 bits per heavy atom. The molecule has 2 amide bonds. The van der Waals surface area contributed by atoms with E-state index >= 15 is 0 Å². The lowest BCUT2D eigenvalue weighted by atomic mass is 10.1. The summed E-state index contributed by atoms with van der Waals surface area (Å²) < 4.78 is 5.36. The monoisotopic (exact) mass is 397 g/mol. The third kappa shape index (κ3) is 4.99. The van der Waals surface area contributed by atoms with E-state index in [1.807, 2.05) is 27.7 Å². The van der Waals surface area contributed by atoms with Crippen LogP contribution in [0.15, 0.2) is 28.9 Å². The summed E-state index contributed by atoms with van der Waals surface area (Å²) >= 11 is 11.9. The first kappa shape index (κ1) is 20.3. The number of oxazole rings is 1. The maximum Gasteiger partial charge on any atom is 0.273 e. The maximum atomic E-state index is 12.8. The average molecular weight is 398 g/mol. The number of carbonyl (C=O) groups is 2. The molecule has 0 unspecified atom stereocenters. The highest BCUT2D eigenvalue weighted by molar-refractivity contribution is 6.42. The fraction of sp³-hybridized carbons (Fsp3) is 0.389. The van der Waals surface area contributed by atoms with Gasteiger partial charge in [-0.15, -0.1) is 0 Å². The molecule has 0 spiro atoms. The summed E-state index contributed by atoms with van der Waals surface area (Å²) in [6, 6.07) is 4.60. The van der Waals surface area contributed by atoms with Gasteiger partial charge in [0.25, 0.3) is 11.8 Å². The van der Waals surface area contributed by atoms with E-state index in [1.54, 1.807) is 17.0 Å². The average Bonchev–Trinajstić information content (AvgIpc) is 3.02. The molecule has 1 heterocycles. The van der Waals surface area contributed by atoms with E-state index < -0.39 is 0 Å². The van der Waals surface area contributed by atoms with Gasteiger partial charge in [-0.05, 0) is 45.9 Å². The van der Waals surface area contributed by atoms with E-state index in [2.05, 4.69) is 10.3 Å². The molecule has 8 heteroatoms. The molecule has 2 rings (SSSR count). The molecule has 6 nitrogen and oxygen atoms in total. The van der Waals surface area contributed by atoms with Gasteiger partial charge in [-0.25, -0.2) is 4.98 Å². The van der Waals surface area contributed by atoms with Gasteiger partial charge in [0.2, 0.25) is 5.89 Å². The van der Waals surface area contributed by atoms with Gasteiger partial charge in [-0.2, -0.15) is 0 Å². The Bertz CT molecular complexity index is 803. The molecule has 1 aromatic heterocycles. The van der Waals surface area contributed by atoms with Gasteiger partial charge < -0.3 is 14.6 Å². The first-order valence-corrected chi connectivity index (χ1v) is 8.96. The van der Waals surface area contributed by atoms with E-state index in [0.717, 1.165) is 0 Å². The minimum absolute atomic E-state index is 0.00829. The highest BCUT2D eigenvalue weighted by Crippen LogP contribution is 2.24. The molecule has 0 aliphatic heterocycles. The minimum atomic E-state index is -0.318. The topological polar surface area (TPSA) is 75.4 Å². The summed E-state index contributed by atoms with van der Waals surface area (Å²) in [4.78, 5) is 30.5. The van der Waals surface area contributed by atoms with Gasteiger partial charge in [0.15, 0.2) is 5.69 Å². The van der Waals surface area contributed by atoms with Gasteiger partial charge in [-0.3, -0.25) is 9.59 Å². The van der Waals surface area contributed by atoms with E-state index in [-0.39, 0.29) is 42.0 Å². The Labute approximate surface area is 162 Å². The molecule has 0 radical (unpaired) electrons. The molecule has 0 aliphatic rings. The lowest BCUT2D eigenvalue weighted by molar-refractivity contribution is 0.0672. The Hall–Kier alpha value is -2.05. The second kappa shape index (κ2) is 8.56. The number of aromatic nitrogens is 1. The number of amides is 2. The van der Waals surface area contributed by atoms with E-state index in [1.165, 1.54) is 12.3 Å². The van der Waals surface area contributed by atoms with Gasteiger partial charge in [0, 0.05) is 17.6 Å². The lowest BCUT2D eigenvalue weighted by Gasteiger charge is -2.25. The van der Waals surface area contributed by atoms with Crippen LogP contribution in [0.4, 0.5) is 0 Å². The van der Waals surface area contributed by atoms with Crippen LogP contribution in [0.3, 0.4) is 0 Å². The third-order valence-corrected chi connectivity index (χ3v) is 4.30. The first-order valence-electron chi connectivity index (χ1n) is 8.20. The second-order valence-electron chi connectivity index (χ2n) is 6.41. The van der Waals surface area contributed by atoms with Crippen molar-refractivity contribution in [3.8, 4) is 0 Å². The van der Waals surface area contributed by atoms with Crippen LogP contribution in [0.2, 0.25) is 10.0 Å². The zero-order valence-electron chi connectivity index (χ0n) is 15.0. The Balaban J connectivity index is 2.18. The third-order valence-electron chi connectivity index (χ3n) is 3.56. The largest absolute Gasteiger partial charge is 0.446 e. The van der Waals surface area contributed by atoms with Crippen molar-refractivity contribution in [1.29, 1.82) is 0 Å². The smallest absolute Gasteiger partial charge is 0.273 e.